The highest BCUT2D eigenvalue weighted by Gasteiger charge is 2.41. The van der Waals surface area contributed by atoms with Crippen molar-refractivity contribution >= 4 is 12.1 Å². The summed E-state index contributed by atoms with van der Waals surface area (Å²) in [5.41, 5.74) is 2.64. The summed E-state index contributed by atoms with van der Waals surface area (Å²) in [6.07, 6.45) is 0.122. The maximum absolute atomic E-state index is 12.1. The second-order valence-electron chi connectivity index (χ2n) is 8.21. The second-order valence-corrected chi connectivity index (χ2v) is 8.21. The van der Waals surface area contributed by atoms with Crippen molar-refractivity contribution in [3.05, 3.63) is 71.6 Å². The number of nitrogens with zero attached hydrogens (tertiary/aromatic N) is 2. The van der Waals surface area contributed by atoms with E-state index >= 15 is 0 Å². The molecule has 2 aromatic carbocycles. The van der Waals surface area contributed by atoms with E-state index < -0.39 is 18.0 Å². The minimum atomic E-state index is -0.921. The summed E-state index contributed by atoms with van der Waals surface area (Å²) >= 11 is 0. The molecular weight excluding hydrogens is 436 g/mol. The van der Waals surface area contributed by atoms with Gasteiger partial charge in [-0.2, -0.15) is 0 Å². The Balaban J connectivity index is 1.35. The van der Waals surface area contributed by atoms with E-state index in [9.17, 15) is 14.7 Å². The van der Waals surface area contributed by atoms with Crippen LogP contribution in [-0.4, -0.2) is 53.4 Å². The highest BCUT2D eigenvalue weighted by molar-refractivity contribution is 5.75. The third kappa shape index (κ3) is 5.22. The molecule has 8 heteroatoms. The molecule has 1 fully saturated rings. The van der Waals surface area contributed by atoms with E-state index in [0.29, 0.717) is 31.2 Å². The van der Waals surface area contributed by atoms with Gasteiger partial charge in [0.1, 0.15) is 11.5 Å². The van der Waals surface area contributed by atoms with Gasteiger partial charge in [0.15, 0.2) is 0 Å². The van der Waals surface area contributed by atoms with E-state index in [2.05, 4.69) is 4.98 Å². The fourth-order valence-electron chi connectivity index (χ4n) is 4.20. The molecule has 3 aromatic rings. The number of aryl methyl sites for hydroxylation is 1. The third-order valence-electron chi connectivity index (χ3n) is 5.99. The van der Waals surface area contributed by atoms with E-state index in [1.165, 1.54) is 4.90 Å². The number of aliphatic carboxylic acids is 1. The molecule has 0 aliphatic carbocycles. The van der Waals surface area contributed by atoms with Gasteiger partial charge in [0.2, 0.25) is 5.89 Å². The lowest BCUT2D eigenvalue weighted by atomic mass is 9.89. The number of carbonyl (C=O) groups excluding carboxylic acids is 1. The quantitative estimate of drug-likeness (QED) is 0.523. The number of carboxylic acid groups (broad SMARTS) is 1. The van der Waals surface area contributed by atoms with Crippen LogP contribution in [0.4, 0.5) is 4.79 Å². The second kappa shape index (κ2) is 10.4. The lowest BCUT2D eigenvalue weighted by molar-refractivity contribution is -0.141. The van der Waals surface area contributed by atoms with Gasteiger partial charge in [-0.3, -0.25) is 4.79 Å². The number of oxazole rings is 1. The normalized spacial score (nSPS) is 17.5. The first-order valence-corrected chi connectivity index (χ1v) is 11.3. The number of amides is 1. The average Bonchev–Trinajstić information content (AvgIpc) is 3.45. The molecule has 34 heavy (non-hydrogen) atoms. The fourth-order valence-corrected chi connectivity index (χ4v) is 4.20. The summed E-state index contributed by atoms with van der Waals surface area (Å²) in [5, 5.41) is 9.63. The molecule has 0 unspecified atom stereocenters. The van der Waals surface area contributed by atoms with Crippen molar-refractivity contribution in [2.75, 3.05) is 26.3 Å². The summed E-state index contributed by atoms with van der Waals surface area (Å²) in [5.74, 6) is 0.148. The fraction of sp³-hybridized carbons (Fsp3) is 0.346. The monoisotopic (exact) mass is 464 g/mol. The lowest BCUT2D eigenvalue weighted by Gasteiger charge is -2.16. The van der Waals surface area contributed by atoms with Gasteiger partial charge >= 0.3 is 12.1 Å². The van der Waals surface area contributed by atoms with Crippen LogP contribution in [0.5, 0.6) is 5.75 Å². The molecule has 0 spiro atoms. The van der Waals surface area contributed by atoms with Crippen LogP contribution in [-0.2, 0) is 16.0 Å². The van der Waals surface area contributed by atoms with Crippen LogP contribution in [0, 0.1) is 12.8 Å². The Morgan fingerprint density at radius 1 is 1.12 bits per heavy atom. The summed E-state index contributed by atoms with van der Waals surface area (Å²) in [7, 11) is 0. The number of ether oxygens (including phenoxy) is 2. The molecule has 1 aromatic heterocycles. The molecule has 1 amide bonds. The largest absolute Gasteiger partial charge is 0.493 e. The van der Waals surface area contributed by atoms with Crippen LogP contribution < -0.4 is 4.74 Å². The molecule has 2 heterocycles. The van der Waals surface area contributed by atoms with Gasteiger partial charge in [-0.15, -0.1) is 0 Å². The van der Waals surface area contributed by atoms with Gasteiger partial charge in [-0.25, -0.2) is 9.78 Å². The van der Waals surface area contributed by atoms with Crippen molar-refractivity contribution in [2.45, 2.75) is 26.2 Å². The highest BCUT2D eigenvalue weighted by Crippen LogP contribution is 2.34. The van der Waals surface area contributed by atoms with Crippen molar-refractivity contribution in [1.29, 1.82) is 0 Å². The number of benzene rings is 2. The molecule has 8 nitrogen and oxygen atoms in total. The molecular formula is C26H28N2O6. The van der Waals surface area contributed by atoms with Crippen LogP contribution in [0.15, 0.2) is 59.0 Å². The van der Waals surface area contributed by atoms with Gasteiger partial charge in [-0.1, -0.05) is 30.3 Å². The Hall–Kier alpha value is -3.81. The number of aromatic nitrogens is 1. The van der Waals surface area contributed by atoms with Crippen molar-refractivity contribution in [3.8, 4) is 17.2 Å². The molecule has 0 bridgehead atoms. The first-order valence-electron chi connectivity index (χ1n) is 11.3. The van der Waals surface area contributed by atoms with Crippen molar-refractivity contribution in [2.24, 2.45) is 5.92 Å². The zero-order valence-electron chi connectivity index (χ0n) is 19.3. The van der Waals surface area contributed by atoms with E-state index in [0.717, 1.165) is 22.6 Å². The first-order chi connectivity index (χ1) is 16.5. The zero-order valence-corrected chi connectivity index (χ0v) is 19.3. The molecule has 178 valence electrons. The molecule has 1 N–H and O–H groups in total. The van der Waals surface area contributed by atoms with E-state index in [1.54, 1.807) is 6.92 Å². The lowest BCUT2D eigenvalue weighted by Crippen LogP contribution is -2.30. The summed E-state index contributed by atoms with van der Waals surface area (Å²) in [4.78, 5) is 29.9. The Morgan fingerprint density at radius 3 is 2.53 bits per heavy atom. The predicted molar refractivity (Wildman–Crippen MR) is 125 cm³/mol. The maximum Gasteiger partial charge on any atom is 0.409 e. The Bertz CT molecular complexity index is 1130. The van der Waals surface area contributed by atoms with Crippen molar-refractivity contribution in [1.82, 2.24) is 9.88 Å². The molecule has 1 saturated heterocycles. The number of rotatable bonds is 8. The Kier molecular flexibility index (Phi) is 7.15. The summed E-state index contributed by atoms with van der Waals surface area (Å²) < 4.78 is 16.7. The Labute approximate surface area is 198 Å². The standard InChI is InChI=1S/C26H28N2O6/c1-3-32-26(31)28-15-21(22(16-28)25(29)30)18-9-11-20(12-10-18)33-14-13-23-17(2)34-24(27-23)19-7-5-4-6-8-19/h4-12,21-22H,3,13-16H2,1-2H3,(H,29,30)/t21-,22+/m1/s1. The van der Waals surface area contributed by atoms with Gasteiger partial charge in [0.05, 0.1) is 24.8 Å². The van der Waals surface area contributed by atoms with Crippen LogP contribution in [0.1, 0.15) is 29.9 Å². The average molecular weight is 465 g/mol. The number of carboxylic acids is 1. The predicted octanol–water partition coefficient (Wildman–Crippen LogP) is 4.53. The van der Waals surface area contributed by atoms with Gasteiger partial charge < -0.3 is 23.9 Å². The van der Waals surface area contributed by atoms with Crippen LogP contribution >= 0.6 is 0 Å². The number of hydrogen-bond donors (Lipinski definition) is 1. The van der Waals surface area contributed by atoms with Crippen LogP contribution in [0.25, 0.3) is 11.5 Å². The zero-order chi connectivity index (χ0) is 24.1. The maximum atomic E-state index is 12.1. The number of hydrogen-bond acceptors (Lipinski definition) is 6. The molecule has 2 atom stereocenters. The Morgan fingerprint density at radius 2 is 1.85 bits per heavy atom. The van der Waals surface area contributed by atoms with Crippen molar-refractivity contribution in [3.63, 3.8) is 0 Å². The van der Waals surface area contributed by atoms with E-state index in [1.807, 2.05) is 61.5 Å². The number of likely N-dealkylation sites (tertiary alicyclic amines) is 1. The third-order valence-corrected chi connectivity index (χ3v) is 5.99. The minimum absolute atomic E-state index is 0.138. The molecule has 0 radical (unpaired) electrons. The van der Waals surface area contributed by atoms with Gasteiger partial charge in [0, 0.05) is 31.0 Å². The molecule has 1 aliphatic rings. The first kappa shape index (κ1) is 23.4. The van der Waals surface area contributed by atoms with Crippen LogP contribution in [0.3, 0.4) is 0 Å². The summed E-state index contributed by atoms with van der Waals surface area (Å²) in [6.45, 7) is 4.75. The smallest absolute Gasteiger partial charge is 0.409 e. The van der Waals surface area contributed by atoms with Gasteiger partial charge in [-0.05, 0) is 43.7 Å². The minimum Gasteiger partial charge on any atom is -0.493 e. The van der Waals surface area contributed by atoms with Crippen LogP contribution in [0.2, 0.25) is 0 Å². The SMILES string of the molecule is CCOC(=O)N1C[C@H](C(=O)O)[C@@H](c2ccc(OCCc3nc(-c4ccccc4)oc3C)cc2)C1. The molecule has 0 saturated carbocycles. The van der Waals surface area contributed by atoms with Gasteiger partial charge in [0.25, 0.3) is 0 Å². The summed E-state index contributed by atoms with van der Waals surface area (Å²) in [6, 6.07) is 17.1. The molecule has 1 aliphatic heterocycles. The van der Waals surface area contributed by atoms with Crippen molar-refractivity contribution < 1.29 is 28.6 Å². The van der Waals surface area contributed by atoms with E-state index in [-0.39, 0.29) is 19.1 Å². The topological polar surface area (TPSA) is 102 Å². The number of carbonyl (C=O) groups is 2. The van der Waals surface area contributed by atoms with E-state index in [4.69, 9.17) is 13.9 Å². The highest BCUT2D eigenvalue weighted by atomic mass is 16.6. The molecule has 4 rings (SSSR count).